The molecular weight excluding hydrogens is 264 g/mol. The van der Waals surface area contributed by atoms with Crippen molar-refractivity contribution in [1.82, 2.24) is 0 Å². The molecule has 0 aliphatic rings. The molecule has 0 aliphatic heterocycles. The molecule has 5 heteroatoms. The molecule has 2 rings (SSSR count). The summed E-state index contributed by atoms with van der Waals surface area (Å²) in [6, 6.07) is 12.0. The molecule has 0 bridgehead atoms. The van der Waals surface area contributed by atoms with Crippen molar-refractivity contribution in [3.05, 3.63) is 53.1 Å². The Labute approximate surface area is 116 Å². The van der Waals surface area contributed by atoms with Gasteiger partial charge in [-0.15, -0.1) is 0 Å². The lowest BCUT2D eigenvalue weighted by Crippen LogP contribution is -2.12. The Hall–Kier alpha value is -2.20. The van der Waals surface area contributed by atoms with Gasteiger partial charge in [0.2, 0.25) is 0 Å². The molecule has 0 atom stereocenters. The molecule has 0 heterocycles. The van der Waals surface area contributed by atoms with Crippen molar-refractivity contribution in [2.24, 2.45) is 5.73 Å². The number of anilines is 1. The van der Waals surface area contributed by atoms with Crippen LogP contribution in [0.4, 0.5) is 5.69 Å². The number of amides is 1. The zero-order valence-corrected chi connectivity index (χ0v) is 11.1. The van der Waals surface area contributed by atoms with Gasteiger partial charge in [-0.1, -0.05) is 11.6 Å². The smallest absolute Gasteiger partial charge is 0.252 e. The summed E-state index contributed by atoms with van der Waals surface area (Å²) in [5.74, 6) is 0.388. The van der Waals surface area contributed by atoms with Gasteiger partial charge in [0.05, 0.1) is 5.56 Å². The maximum Gasteiger partial charge on any atom is 0.252 e. The number of halogens is 1. The number of ether oxygens (including phenoxy) is 1. The quantitative estimate of drug-likeness (QED) is 0.901. The maximum absolute atomic E-state index is 11.3. The second-order valence-corrected chi connectivity index (χ2v) is 4.32. The first-order valence-corrected chi connectivity index (χ1v) is 6.03. The van der Waals surface area contributed by atoms with Gasteiger partial charge in [0.15, 0.2) is 0 Å². The van der Waals surface area contributed by atoms with E-state index in [4.69, 9.17) is 22.1 Å². The van der Waals surface area contributed by atoms with E-state index in [-0.39, 0.29) is 0 Å². The highest BCUT2D eigenvalue weighted by molar-refractivity contribution is 6.30. The van der Waals surface area contributed by atoms with Gasteiger partial charge in [-0.2, -0.15) is 0 Å². The Morgan fingerprint density at radius 3 is 2.47 bits per heavy atom. The van der Waals surface area contributed by atoms with Crippen molar-refractivity contribution in [3.8, 4) is 11.5 Å². The largest absolute Gasteiger partial charge is 0.456 e. The minimum Gasteiger partial charge on any atom is -0.456 e. The van der Waals surface area contributed by atoms with Gasteiger partial charge < -0.3 is 15.8 Å². The first kappa shape index (κ1) is 13.2. The summed E-state index contributed by atoms with van der Waals surface area (Å²) in [5, 5.41) is 3.48. The van der Waals surface area contributed by atoms with Crippen molar-refractivity contribution in [3.63, 3.8) is 0 Å². The number of rotatable bonds is 4. The minimum absolute atomic E-state index is 0.294. The van der Waals surface area contributed by atoms with Gasteiger partial charge in [-0.3, -0.25) is 4.79 Å². The average Bonchev–Trinajstić information content (AvgIpc) is 2.39. The van der Waals surface area contributed by atoms with Gasteiger partial charge in [0, 0.05) is 23.8 Å². The third kappa shape index (κ3) is 3.17. The van der Waals surface area contributed by atoms with Crippen LogP contribution in [0.1, 0.15) is 10.4 Å². The van der Waals surface area contributed by atoms with Crippen molar-refractivity contribution in [1.29, 1.82) is 0 Å². The summed E-state index contributed by atoms with van der Waals surface area (Å²) in [7, 11) is 1.83. The molecule has 98 valence electrons. The molecule has 1 amide bonds. The van der Waals surface area contributed by atoms with Gasteiger partial charge in [-0.25, -0.2) is 0 Å². The van der Waals surface area contributed by atoms with Crippen LogP contribution in [0.5, 0.6) is 11.5 Å². The minimum atomic E-state index is -0.557. The van der Waals surface area contributed by atoms with Crippen molar-refractivity contribution >= 4 is 23.2 Å². The van der Waals surface area contributed by atoms with Crippen LogP contribution in [0.15, 0.2) is 42.5 Å². The summed E-state index contributed by atoms with van der Waals surface area (Å²) in [6.45, 7) is 0. The third-order valence-electron chi connectivity index (χ3n) is 2.58. The van der Waals surface area contributed by atoms with Crippen LogP contribution in [0.25, 0.3) is 0 Å². The van der Waals surface area contributed by atoms with Crippen molar-refractivity contribution < 1.29 is 9.53 Å². The molecule has 0 aromatic heterocycles. The first-order valence-electron chi connectivity index (χ1n) is 5.65. The molecule has 2 aromatic rings. The van der Waals surface area contributed by atoms with Crippen LogP contribution in [0.2, 0.25) is 5.02 Å². The highest BCUT2D eigenvalue weighted by atomic mass is 35.5. The van der Waals surface area contributed by atoms with Gasteiger partial charge in [0.1, 0.15) is 11.5 Å². The zero-order chi connectivity index (χ0) is 13.8. The second kappa shape index (κ2) is 5.63. The molecule has 0 aliphatic carbocycles. The summed E-state index contributed by atoms with van der Waals surface area (Å²) in [6.07, 6.45) is 0. The number of benzene rings is 2. The lowest BCUT2D eigenvalue weighted by atomic mass is 10.2. The molecule has 3 N–H and O–H groups in total. The Balaban J connectivity index is 2.31. The normalized spacial score (nSPS) is 10.0. The third-order valence-corrected chi connectivity index (χ3v) is 2.82. The van der Waals surface area contributed by atoms with Gasteiger partial charge >= 0.3 is 0 Å². The molecule has 0 fully saturated rings. The standard InChI is InChI=1S/C14H13ClN2O2/c1-17-10-3-5-11(6-4-10)19-13-8-9(15)2-7-12(13)14(16)18/h2-8,17H,1H3,(H2,16,18). The van der Waals surface area contributed by atoms with E-state index in [2.05, 4.69) is 5.32 Å². The van der Waals surface area contributed by atoms with Crippen LogP contribution in [-0.2, 0) is 0 Å². The van der Waals surface area contributed by atoms with E-state index in [1.54, 1.807) is 30.3 Å². The molecule has 0 saturated heterocycles. The lowest BCUT2D eigenvalue weighted by Gasteiger charge is -2.10. The monoisotopic (exact) mass is 276 g/mol. The maximum atomic E-state index is 11.3. The lowest BCUT2D eigenvalue weighted by molar-refractivity contribution is 0.0998. The van der Waals surface area contributed by atoms with E-state index >= 15 is 0 Å². The molecule has 0 radical (unpaired) electrons. The number of hydrogen-bond acceptors (Lipinski definition) is 3. The number of carbonyl (C=O) groups excluding carboxylic acids is 1. The fourth-order valence-corrected chi connectivity index (χ4v) is 1.76. The van der Waals surface area contributed by atoms with Crippen LogP contribution in [-0.4, -0.2) is 13.0 Å². The van der Waals surface area contributed by atoms with Crippen molar-refractivity contribution in [2.45, 2.75) is 0 Å². The van der Waals surface area contributed by atoms with E-state index < -0.39 is 5.91 Å². The molecule has 0 spiro atoms. The molecule has 4 nitrogen and oxygen atoms in total. The van der Waals surface area contributed by atoms with Gasteiger partial charge in [0.25, 0.3) is 5.91 Å². The van der Waals surface area contributed by atoms with E-state index in [1.807, 2.05) is 19.2 Å². The van der Waals surface area contributed by atoms with E-state index in [1.165, 1.54) is 0 Å². The average molecular weight is 277 g/mol. The molecule has 0 saturated carbocycles. The Bertz CT molecular complexity index is 597. The SMILES string of the molecule is CNc1ccc(Oc2cc(Cl)ccc2C(N)=O)cc1. The van der Waals surface area contributed by atoms with Crippen molar-refractivity contribution in [2.75, 3.05) is 12.4 Å². The van der Waals surface area contributed by atoms with Gasteiger partial charge in [-0.05, 0) is 36.4 Å². The summed E-state index contributed by atoms with van der Waals surface area (Å²) >= 11 is 5.89. The number of nitrogens with two attached hydrogens (primary N) is 1. The number of carbonyl (C=O) groups is 1. The molecular formula is C14H13ClN2O2. The fraction of sp³-hybridized carbons (Fsp3) is 0.0714. The Kier molecular flexibility index (Phi) is 3.92. The first-order chi connectivity index (χ1) is 9.10. The highest BCUT2D eigenvalue weighted by Crippen LogP contribution is 2.28. The topological polar surface area (TPSA) is 64.3 Å². The fourth-order valence-electron chi connectivity index (χ4n) is 1.60. The Morgan fingerprint density at radius 1 is 1.21 bits per heavy atom. The van der Waals surface area contributed by atoms with E-state index in [0.29, 0.717) is 22.1 Å². The van der Waals surface area contributed by atoms with E-state index in [0.717, 1.165) is 5.69 Å². The summed E-state index contributed by atoms with van der Waals surface area (Å²) in [5.41, 5.74) is 6.55. The summed E-state index contributed by atoms with van der Waals surface area (Å²) in [4.78, 5) is 11.3. The Morgan fingerprint density at radius 2 is 1.89 bits per heavy atom. The molecule has 0 unspecified atom stereocenters. The summed E-state index contributed by atoms with van der Waals surface area (Å²) < 4.78 is 5.64. The zero-order valence-electron chi connectivity index (χ0n) is 10.3. The number of primary amides is 1. The highest BCUT2D eigenvalue weighted by Gasteiger charge is 2.10. The number of nitrogens with one attached hydrogen (secondary N) is 1. The second-order valence-electron chi connectivity index (χ2n) is 3.88. The van der Waals surface area contributed by atoms with Crippen LogP contribution < -0.4 is 15.8 Å². The molecule has 2 aromatic carbocycles. The molecule has 19 heavy (non-hydrogen) atoms. The van der Waals surface area contributed by atoms with Crippen LogP contribution in [0, 0.1) is 0 Å². The van der Waals surface area contributed by atoms with Crippen LogP contribution >= 0.6 is 11.6 Å². The van der Waals surface area contributed by atoms with E-state index in [9.17, 15) is 4.79 Å². The number of hydrogen-bond donors (Lipinski definition) is 2. The predicted octanol–water partition coefficient (Wildman–Crippen LogP) is 3.27. The predicted molar refractivity (Wildman–Crippen MR) is 76.0 cm³/mol. The van der Waals surface area contributed by atoms with Crippen LogP contribution in [0.3, 0.4) is 0 Å².